The predicted molar refractivity (Wildman–Crippen MR) is 114 cm³/mol. The molecule has 7 rings (SSSR count). The summed E-state index contributed by atoms with van der Waals surface area (Å²) in [5, 5.41) is 8.01. The van der Waals surface area contributed by atoms with E-state index in [1.165, 1.54) is 27.6 Å². The summed E-state index contributed by atoms with van der Waals surface area (Å²) in [7, 11) is 0. The van der Waals surface area contributed by atoms with Crippen molar-refractivity contribution in [3.8, 4) is 0 Å². The van der Waals surface area contributed by atoms with Crippen molar-refractivity contribution in [3.05, 3.63) is 84.8 Å². The van der Waals surface area contributed by atoms with Gasteiger partial charge in [-0.05, 0) is 52.6 Å². The van der Waals surface area contributed by atoms with Crippen molar-refractivity contribution in [2.45, 2.75) is 0 Å². The lowest BCUT2D eigenvalue weighted by atomic mass is 10.0. The molecule has 0 N–H and O–H groups in total. The maximum absolute atomic E-state index is 14.3. The number of aromatic nitrogens is 2. The summed E-state index contributed by atoms with van der Waals surface area (Å²) >= 11 is 0. The Labute approximate surface area is 158 Å². The van der Waals surface area contributed by atoms with Gasteiger partial charge in [-0.2, -0.15) is 0 Å². The first-order valence-corrected chi connectivity index (χ1v) is 9.34. The molecule has 3 heteroatoms. The van der Waals surface area contributed by atoms with E-state index in [1.807, 2.05) is 18.3 Å². The molecule has 0 spiro atoms. The second kappa shape index (κ2) is 4.76. The van der Waals surface area contributed by atoms with Crippen LogP contribution in [0.1, 0.15) is 0 Å². The molecule has 7 aromatic rings. The topological polar surface area (TPSA) is 17.3 Å². The fourth-order valence-corrected chi connectivity index (χ4v) is 4.79. The normalized spacial score (nSPS) is 12.5. The van der Waals surface area contributed by atoms with Gasteiger partial charge in [-0.15, -0.1) is 0 Å². The standard InChI is InChI=1S/C25H13FN2/c26-17-6-8-19-22(13-17)28-21-12-16-4-2-1-3-15(16)11-20(21)18-7-5-14-9-10-27-24(19)23(14)25(18)28/h1-13H. The van der Waals surface area contributed by atoms with E-state index in [0.29, 0.717) is 0 Å². The predicted octanol–water partition coefficient (Wildman–Crippen LogP) is 6.68. The molecule has 3 heterocycles. The van der Waals surface area contributed by atoms with Gasteiger partial charge >= 0.3 is 0 Å². The van der Waals surface area contributed by atoms with Gasteiger partial charge in [0.25, 0.3) is 0 Å². The summed E-state index contributed by atoms with van der Waals surface area (Å²) in [4.78, 5) is 4.68. The van der Waals surface area contributed by atoms with Gasteiger partial charge in [0.15, 0.2) is 0 Å². The molecular weight excluding hydrogens is 347 g/mol. The van der Waals surface area contributed by atoms with Crippen LogP contribution in [0.2, 0.25) is 0 Å². The van der Waals surface area contributed by atoms with E-state index in [0.717, 1.165) is 38.2 Å². The van der Waals surface area contributed by atoms with E-state index in [-0.39, 0.29) is 5.82 Å². The number of halogens is 1. The van der Waals surface area contributed by atoms with Gasteiger partial charge in [0.2, 0.25) is 0 Å². The third kappa shape index (κ3) is 1.61. The fourth-order valence-electron chi connectivity index (χ4n) is 4.79. The van der Waals surface area contributed by atoms with Crippen molar-refractivity contribution in [2.75, 3.05) is 0 Å². The molecule has 0 aliphatic rings. The number of nitrogens with zero attached hydrogens (tertiary/aromatic N) is 2. The number of hydrogen-bond acceptors (Lipinski definition) is 1. The molecular formula is C25H13FN2. The first-order valence-electron chi connectivity index (χ1n) is 9.34. The number of fused-ring (bicyclic) bond motifs is 7. The Hall–Kier alpha value is -3.72. The van der Waals surface area contributed by atoms with Crippen molar-refractivity contribution in [3.63, 3.8) is 0 Å². The van der Waals surface area contributed by atoms with Crippen molar-refractivity contribution in [1.29, 1.82) is 0 Å². The highest BCUT2D eigenvalue weighted by Gasteiger charge is 2.19. The molecule has 0 fully saturated rings. The minimum atomic E-state index is -0.235. The van der Waals surface area contributed by atoms with Gasteiger partial charge in [0.1, 0.15) is 5.82 Å². The summed E-state index contributed by atoms with van der Waals surface area (Å²) < 4.78 is 16.5. The van der Waals surface area contributed by atoms with Crippen molar-refractivity contribution in [2.24, 2.45) is 0 Å². The van der Waals surface area contributed by atoms with Crippen LogP contribution in [0.3, 0.4) is 0 Å². The van der Waals surface area contributed by atoms with Gasteiger partial charge in [-0.3, -0.25) is 4.98 Å². The molecule has 0 atom stereocenters. The van der Waals surface area contributed by atoms with Crippen LogP contribution in [-0.2, 0) is 0 Å². The van der Waals surface area contributed by atoms with E-state index in [2.05, 4.69) is 57.9 Å². The van der Waals surface area contributed by atoms with Crippen LogP contribution in [-0.4, -0.2) is 9.38 Å². The molecule has 3 aromatic heterocycles. The lowest BCUT2D eigenvalue weighted by Crippen LogP contribution is -1.94. The van der Waals surface area contributed by atoms with Crippen LogP contribution in [0.25, 0.3) is 59.8 Å². The maximum atomic E-state index is 14.3. The van der Waals surface area contributed by atoms with Crippen molar-refractivity contribution in [1.82, 2.24) is 9.38 Å². The zero-order chi connectivity index (χ0) is 18.4. The monoisotopic (exact) mass is 360 g/mol. The molecule has 130 valence electrons. The van der Waals surface area contributed by atoms with Crippen molar-refractivity contribution >= 4 is 59.8 Å². The zero-order valence-corrected chi connectivity index (χ0v) is 14.8. The number of benzene rings is 4. The van der Waals surface area contributed by atoms with E-state index < -0.39 is 0 Å². The Balaban J connectivity index is 1.93. The number of hydrogen-bond donors (Lipinski definition) is 0. The molecule has 28 heavy (non-hydrogen) atoms. The Morgan fingerprint density at radius 2 is 1.46 bits per heavy atom. The summed E-state index contributed by atoms with van der Waals surface area (Å²) in [6.07, 6.45) is 1.84. The van der Waals surface area contributed by atoms with E-state index in [1.54, 1.807) is 6.07 Å². The van der Waals surface area contributed by atoms with Crippen LogP contribution in [0.4, 0.5) is 4.39 Å². The van der Waals surface area contributed by atoms with Crippen LogP contribution >= 0.6 is 0 Å². The summed E-state index contributed by atoms with van der Waals surface area (Å²) in [6.45, 7) is 0. The Kier molecular flexibility index (Phi) is 2.44. The Morgan fingerprint density at radius 3 is 2.36 bits per heavy atom. The molecule has 0 aliphatic carbocycles. The van der Waals surface area contributed by atoms with Gasteiger partial charge < -0.3 is 4.40 Å². The zero-order valence-electron chi connectivity index (χ0n) is 14.8. The van der Waals surface area contributed by atoms with E-state index in [4.69, 9.17) is 0 Å². The minimum Gasteiger partial charge on any atom is -0.308 e. The molecule has 0 aliphatic heterocycles. The largest absolute Gasteiger partial charge is 0.308 e. The molecule has 0 radical (unpaired) electrons. The van der Waals surface area contributed by atoms with Crippen LogP contribution in [0.5, 0.6) is 0 Å². The average Bonchev–Trinajstić information content (AvgIpc) is 3.05. The van der Waals surface area contributed by atoms with E-state index in [9.17, 15) is 4.39 Å². The molecule has 0 saturated carbocycles. The fraction of sp³-hybridized carbons (Fsp3) is 0. The smallest absolute Gasteiger partial charge is 0.125 e. The second-order valence-electron chi connectivity index (χ2n) is 7.43. The highest BCUT2D eigenvalue weighted by molar-refractivity contribution is 6.28. The Bertz CT molecular complexity index is 1730. The molecule has 0 saturated heterocycles. The van der Waals surface area contributed by atoms with Crippen LogP contribution < -0.4 is 0 Å². The van der Waals surface area contributed by atoms with Gasteiger partial charge in [0.05, 0.1) is 22.1 Å². The maximum Gasteiger partial charge on any atom is 0.125 e. The molecule has 0 amide bonds. The molecule has 0 bridgehead atoms. The minimum absolute atomic E-state index is 0.235. The van der Waals surface area contributed by atoms with Gasteiger partial charge in [-0.25, -0.2) is 4.39 Å². The second-order valence-corrected chi connectivity index (χ2v) is 7.43. The first kappa shape index (κ1) is 14.4. The number of pyridine rings is 2. The summed E-state index contributed by atoms with van der Waals surface area (Å²) in [5.41, 5.74) is 4.00. The van der Waals surface area contributed by atoms with Gasteiger partial charge in [0, 0.05) is 27.7 Å². The van der Waals surface area contributed by atoms with E-state index >= 15 is 0 Å². The average molecular weight is 360 g/mol. The summed E-state index contributed by atoms with van der Waals surface area (Å²) in [5.74, 6) is -0.235. The third-order valence-electron chi connectivity index (χ3n) is 5.98. The highest BCUT2D eigenvalue weighted by Crippen LogP contribution is 2.41. The quantitative estimate of drug-likeness (QED) is 0.218. The summed E-state index contributed by atoms with van der Waals surface area (Å²) in [6, 6.07) is 24.2. The lowest BCUT2D eigenvalue weighted by molar-refractivity contribution is 0.629. The number of rotatable bonds is 0. The molecule has 0 unspecified atom stereocenters. The SMILES string of the molecule is Fc1ccc2c3nccc4ccc5c6cc7ccccc7cc6n(c2c1)c5c43. The van der Waals surface area contributed by atoms with Gasteiger partial charge in [-0.1, -0.05) is 36.4 Å². The lowest BCUT2D eigenvalue weighted by Gasteiger charge is -2.12. The third-order valence-corrected chi connectivity index (χ3v) is 5.98. The van der Waals surface area contributed by atoms with Crippen LogP contribution in [0.15, 0.2) is 79.0 Å². The molecule has 2 nitrogen and oxygen atoms in total. The first-order chi connectivity index (χ1) is 13.8. The van der Waals surface area contributed by atoms with Crippen molar-refractivity contribution < 1.29 is 4.39 Å². The van der Waals surface area contributed by atoms with Crippen LogP contribution in [0, 0.1) is 5.82 Å². The Morgan fingerprint density at radius 1 is 0.679 bits per heavy atom. The highest BCUT2D eigenvalue weighted by atomic mass is 19.1. The molecule has 4 aromatic carbocycles.